The van der Waals surface area contributed by atoms with Crippen LogP contribution in [0.5, 0.6) is 5.75 Å². The van der Waals surface area contributed by atoms with Gasteiger partial charge in [-0.3, -0.25) is 4.79 Å². The van der Waals surface area contributed by atoms with E-state index in [2.05, 4.69) is 66.0 Å². The van der Waals surface area contributed by atoms with Crippen LogP contribution >= 0.6 is 0 Å². The number of ether oxygens (including phenoxy) is 2. The van der Waals surface area contributed by atoms with Gasteiger partial charge in [0.2, 0.25) is 5.90 Å². The Balaban J connectivity index is 1.26. The molecule has 2 aliphatic rings. The molecule has 1 heterocycles. The molecule has 246 valence electrons. The first kappa shape index (κ1) is 32.1. The highest BCUT2D eigenvalue weighted by molar-refractivity contribution is 6.01. The van der Waals surface area contributed by atoms with Gasteiger partial charge in [-0.05, 0) is 70.5 Å². The Morgan fingerprint density at radius 1 is 0.796 bits per heavy atom. The van der Waals surface area contributed by atoms with Gasteiger partial charge >= 0.3 is 0 Å². The standard InChI is InChI=1S/C43H40N2O4/c46-27-10-28-48-39-24-22-35(23-25-39)41-45-43(26-9-13-31-11-3-1-4-12-31,42(47)44-38-29-36-16-7-8-17-37(36)30-38)40(49-41)34-20-18-33(19-21-34)32-14-5-2-6-15-32/h1-9,11-25,38,40,46H,10,26-30H2,(H,44,47)/b13-9+/t40-,43-/m1/s1. The van der Waals surface area contributed by atoms with Gasteiger partial charge in [0.15, 0.2) is 11.6 Å². The van der Waals surface area contributed by atoms with Crippen molar-refractivity contribution in [3.8, 4) is 16.9 Å². The summed E-state index contributed by atoms with van der Waals surface area (Å²) in [6, 6.07) is 44.5. The summed E-state index contributed by atoms with van der Waals surface area (Å²) in [7, 11) is 0. The lowest BCUT2D eigenvalue weighted by Crippen LogP contribution is -2.51. The number of hydrogen-bond acceptors (Lipinski definition) is 5. The van der Waals surface area contributed by atoms with Crippen molar-refractivity contribution in [1.82, 2.24) is 5.32 Å². The van der Waals surface area contributed by atoms with E-state index in [1.807, 2.05) is 84.9 Å². The second kappa shape index (κ2) is 14.8. The van der Waals surface area contributed by atoms with Gasteiger partial charge in [0, 0.05) is 31.1 Å². The smallest absolute Gasteiger partial charge is 0.252 e. The van der Waals surface area contributed by atoms with E-state index in [4.69, 9.17) is 19.6 Å². The number of rotatable bonds is 12. The third kappa shape index (κ3) is 7.20. The molecule has 5 aromatic rings. The zero-order valence-corrected chi connectivity index (χ0v) is 27.4. The van der Waals surface area contributed by atoms with Crippen molar-refractivity contribution >= 4 is 17.9 Å². The molecule has 1 aliphatic carbocycles. The van der Waals surface area contributed by atoms with Crippen LogP contribution in [0.25, 0.3) is 17.2 Å². The minimum absolute atomic E-state index is 0.0319. The Morgan fingerprint density at radius 3 is 2.08 bits per heavy atom. The molecule has 2 atom stereocenters. The predicted molar refractivity (Wildman–Crippen MR) is 194 cm³/mol. The van der Waals surface area contributed by atoms with E-state index >= 15 is 0 Å². The van der Waals surface area contributed by atoms with E-state index in [9.17, 15) is 4.79 Å². The molecule has 0 aromatic heterocycles. The highest BCUT2D eigenvalue weighted by Gasteiger charge is 2.53. The van der Waals surface area contributed by atoms with Crippen molar-refractivity contribution in [2.24, 2.45) is 4.99 Å². The molecular weight excluding hydrogens is 608 g/mol. The van der Waals surface area contributed by atoms with E-state index in [1.54, 1.807) is 0 Å². The third-order valence-corrected chi connectivity index (χ3v) is 9.28. The fourth-order valence-corrected chi connectivity index (χ4v) is 6.71. The first-order valence-corrected chi connectivity index (χ1v) is 17.0. The van der Waals surface area contributed by atoms with Gasteiger partial charge in [0.25, 0.3) is 5.91 Å². The van der Waals surface area contributed by atoms with Crippen molar-refractivity contribution in [1.29, 1.82) is 0 Å². The predicted octanol–water partition coefficient (Wildman–Crippen LogP) is 7.76. The number of amides is 1. The van der Waals surface area contributed by atoms with E-state index in [0.29, 0.717) is 31.1 Å². The van der Waals surface area contributed by atoms with Crippen molar-refractivity contribution in [2.45, 2.75) is 43.4 Å². The maximum absolute atomic E-state index is 14.8. The Labute approximate surface area is 287 Å². The number of hydrogen-bond donors (Lipinski definition) is 2. The number of aliphatic hydroxyl groups is 1. The van der Waals surface area contributed by atoms with Crippen molar-refractivity contribution < 1.29 is 19.4 Å². The molecule has 1 aliphatic heterocycles. The first-order chi connectivity index (χ1) is 24.1. The molecule has 0 unspecified atom stereocenters. The van der Waals surface area contributed by atoms with Crippen LogP contribution in [0.2, 0.25) is 0 Å². The number of carbonyl (C=O) groups excluding carboxylic acids is 1. The van der Waals surface area contributed by atoms with Gasteiger partial charge in [-0.15, -0.1) is 0 Å². The number of nitrogens with zero attached hydrogens (tertiary/aromatic N) is 1. The lowest BCUT2D eigenvalue weighted by molar-refractivity contribution is -0.129. The molecule has 0 saturated heterocycles. The Morgan fingerprint density at radius 2 is 1.41 bits per heavy atom. The zero-order valence-electron chi connectivity index (χ0n) is 27.4. The number of benzene rings is 5. The van der Waals surface area contributed by atoms with Crippen LogP contribution in [0.15, 0.2) is 145 Å². The summed E-state index contributed by atoms with van der Waals surface area (Å²) in [6.45, 7) is 0.503. The molecule has 2 N–H and O–H groups in total. The molecule has 5 aromatic carbocycles. The SMILES string of the molecule is O=C(NC1Cc2ccccc2C1)[C@]1(C/C=C/c2ccccc2)N=C(c2ccc(OCCCO)cc2)O[C@@H]1c1ccc(-c2ccccc2)cc1. The molecule has 6 heteroatoms. The molecule has 0 radical (unpaired) electrons. The summed E-state index contributed by atoms with van der Waals surface area (Å²) in [5.74, 6) is 0.954. The maximum Gasteiger partial charge on any atom is 0.252 e. The monoisotopic (exact) mass is 648 g/mol. The second-order valence-corrected chi connectivity index (χ2v) is 12.6. The number of fused-ring (bicyclic) bond motifs is 1. The molecule has 0 saturated carbocycles. The van der Waals surface area contributed by atoms with E-state index in [0.717, 1.165) is 40.7 Å². The number of carbonyl (C=O) groups is 1. The third-order valence-electron chi connectivity index (χ3n) is 9.28. The van der Waals surface area contributed by atoms with Crippen molar-refractivity contribution in [3.63, 3.8) is 0 Å². The minimum Gasteiger partial charge on any atom is -0.494 e. The summed E-state index contributed by atoms with van der Waals surface area (Å²) in [6.07, 6.45) is 5.87. The lowest BCUT2D eigenvalue weighted by Gasteiger charge is -2.31. The average molecular weight is 649 g/mol. The fourth-order valence-electron chi connectivity index (χ4n) is 6.71. The van der Waals surface area contributed by atoms with Gasteiger partial charge in [0.1, 0.15) is 5.75 Å². The van der Waals surface area contributed by atoms with E-state index < -0.39 is 11.6 Å². The van der Waals surface area contributed by atoms with Crippen LogP contribution in [0.4, 0.5) is 0 Å². The molecule has 0 bridgehead atoms. The molecular formula is C43H40N2O4. The molecule has 0 spiro atoms. The largest absolute Gasteiger partial charge is 0.494 e. The lowest BCUT2D eigenvalue weighted by atomic mass is 9.83. The van der Waals surface area contributed by atoms with Gasteiger partial charge in [0.05, 0.1) is 6.61 Å². The minimum atomic E-state index is -1.26. The molecule has 6 nitrogen and oxygen atoms in total. The van der Waals surface area contributed by atoms with Gasteiger partial charge in [-0.2, -0.15) is 0 Å². The van der Waals surface area contributed by atoms with Crippen LogP contribution in [0.3, 0.4) is 0 Å². The zero-order chi connectivity index (χ0) is 33.5. The Bertz CT molecular complexity index is 1900. The number of aliphatic hydroxyl groups excluding tert-OH is 1. The normalized spacial score (nSPS) is 18.6. The summed E-state index contributed by atoms with van der Waals surface area (Å²) < 4.78 is 12.5. The van der Waals surface area contributed by atoms with Crippen LogP contribution in [-0.4, -0.2) is 41.7 Å². The van der Waals surface area contributed by atoms with E-state index in [-0.39, 0.29) is 18.6 Å². The maximum atomic E-state index is 14.8. The van der Waals surface area contributed by atoms with Gasteiger partial charge in [-0.1, -0.05) is 121 Å². The Hall–Kier alpha value is -5.46. The quantitative estimate of drug-likeness (QED) is 0.136. The summed E-state index contributed by atoms with van der Waals surface area (Å²) in [5.41, 5.74) is 6.17. The summed E-state index contributed by atoms with van der Waals surface area (Å²) in [5, 5.41) is 12.5. The van der Waals surface area contributed by atoms with E-state index in [1.165, 1.54) is 11.1 Å². The molecule has 0 fully saturated rings. The van der Waals surface area contributed by atoms with Crippen molar-refractivity contribution in [3.05, 3.63) is 167 Å². The van der Waals surface area contributed by atoms with Gasteiger partial charge < -0.3 is 19.9 Å². The number of nitrogens with one attached hydrogen (secondary N) is 1. The molecule has 7 rings (SSSR count). The average Bonchev–Trinajstić information content (AvgIpc) is 3.75. The molecule has 1 amide bonds. The van der Waals surface area contributed by atoms with Gasteiger partial charge in [-0.25, -0.2) is 4.99 Å². The van der Waals surface area contributed by atoms with Crippen LogP contribution in [-0.2, 0) is 22.4 Å². The summed E-state index contributed by atoms with van der Waals surface area (Å²) >= 11 is 0. The topological polar surface area (TPSA) is 80.2 Å². The van der Waals surface area contributed by atoms with Crippen LogP contribution in [0.1, 0.15) is 46.8 Å². The first-order valence-electron chi connectivity index (χ1n) is 17.0. The Kier molecular flexibility index (Phi) is 9.67. The highest BCUT2D eigenvalue weighted by atomic mass is 16.5. The summed E-state index contributed by atoms with van der Waals surface area (Å²) in [4.78, 5) is 20.0. The second-order valence-electron chi connectivity index (χ2n) is 12.6. The fraction of sp³-hybridized carbons (Fsp3) is 0.209. The van der Waals surface area contributed by atoms with Crippen molar-refractivity contribution in [2.75, 3.05) is 13.2 Å². The highest BCUT2D eigenvalue weighted by Crippen LogP contribution is 2.44. The number of aliphatic imine (C=N–C) groups is 1. The van der Waals surface area contributed by atoms with Crippen LogP contribution < -0.4 is 10.1 Å². The van der Waals surface area contributed by atoms with Crippen LogP contribution in [0, 0.1) is 0 Å². The molecule has 49 heavy (non-hydrogen) atoms.